The molecule has 28 heavy (non-hydrogen) atoms. The number of guanidine groups is 1. The molecule has 7 heteroatoms. The number of nitrogens with one attached hydrogen (secondary N) is 2. The van der Waals surface area contributed by atoms with Crippen LogP contribution in [0.5, 0.6) is 0 Å². The van der Waals surface area contributed by atoms with Crippen molar-refractivity contribution in [1.82, 2.24) is 20.4 Å². The Labute approximate surface area is 171 Å². The van der Waals surface area contributed by atoms with E-state index in [0.717, 1.165) is 77.7 Å². The van der Waals surface area contributed by atoms with Gasteiger partial charge >= 0.3 is 0 Å². The summed E-state index contributed by atoms with van der Waals surface area (Å²) < 4.78 is 5.53. The molecular formula is C21H41N5O2. The highest BCUT2D eigenvalue weighted by molar-refractivity contribution is 5.80. The van der Waals surface area contributed by atoms with E-state index in [0.29, 0.717) is 24.3 Å². The number of likely N-dealkylation sites (tertiary alicyclic amines) is 1. The van der Waals surface area contributed by atoms with Crippen LogP contribution in [0.1, 0.15) is 46.5 Å². The quantitative estimate of drug-likeness (QED) is 0.482. The lowest BCUT2D eigenvalue weighted by atomic mass is 9.93. The molecule has 2 rings (SSSR count). The Balaban J connectivity index is 1.94. The second kappa shape index (κ2) is 12.3. The second-order valence-corrected chi connectivity index (χ2v) is 8.43. The maximum Gasteiger partial charge on any atom is 0.220 e. The fourth-order valence-electron chi connectivity index (χ4n) is 4.16. The molecule has 1 unspecified atom stereocenters. The molecule has 162 valence electrons. The molecule has 0 radical (unpaired) electrons. The van der Waals surface area contributed by atoms with Crippen LogP contribution in [0.25, 0.3) is 0 Å². The molecule has 2 fully saturated rings. The molecule has 2 saturated heterocycles. The number of hydrogen-bond donors (Lipinski definition) is 2. The number of rotatable bonds is 8. The Bertz CT molecular complexity index is 483. The molecule has 0 aromatic heterocycles. The molecule has 0 aromatic carbocycles. The minimum absolute atomic E-state index is 0.154. The van der Waals surface area contributed by atoms with E-state index in [-0.39, 0.29) is 5.91 Å². The van der Waals surface area contributed by atoms with Gasteiger partial charge in [0.2, 0.25) is 5.91 Å². The van der Waals surface area contributed by atoms with Crippen LogP contribution in [0, 0.1) is 11.8 Å². The van der Waals surface area contributed by atoms with Gasteiger partial charge in [-0.05, 0) is 38.0 Å². The fraction of sp³-hybridized carbons (Fsp3) is 0.905. The summed E-state index contributed by atoms with van der Waals surface area (Å²) in [6.45, 7) is 14.0. The van der Waals surface area contributed by atoms with Crippen molar-refractivity contribution in [2.24, 2.45) is 16.8 Å². The maximum atomic E-state index is 11.6. The van der Waals surface area contributed by atoms with Crippen molar-refractivity contribution in [3.8, 4) is 0 Å². The summed E-state index contributed by atoms with van der Waals surface area (Å²) in [4.78, 5) is 21.6. The summed E-state index contributed by atoms with van der Waals surface area (Å²) in [7, 11) is 1.72. The van der Waals surface area contributed by atoms with Gasteiger partial charge in [-0.3, -0.25) is 14.7 Å². The van der Waals surface area contributed by atoms with Crippen LogP contribution in [0.15, 0.2) is 4.99 Å². The number of morpholine rings is 1. The number of hydrogen-bond acceptors (Lipinski definition) is 4. The van der Waals surface area contributed by atoms with Crippen molar-refractivity contribution >= 4 is 11.9 Å². The van der Waals surface area contributed by atoms with Gasteiger partial charge in [-0.2, -0.15) is 0 Å². The number of piperidine rings is 1. The lowest BCUT2D eigenvalue weighted by Gasteiger charge is -2.36. The number of ether oxygens (including phenoxy) is 1. The molecule has 0 spiro atoms. The second-order valence-electron chi connectivity index (χ2n) is 8.43. The lowest BCUT2D eigenvalue weighted by molar-refractivity contribution is -0.121. The average molecular weight is 396 g/mol. The number of carbonyl (C=O) groups is 1. The third kappa shape index (κ3) is 7.59. The zero-order valence-electron chi connectivity index (χ0n) is 18.4. The molecule has 7 nitrogen and oxygen atoms in total. The van der Waals surface area contributed by atoms with Crippen LogP contribution in [0.2, 0.25) is 0 Å². The molecule has 0 aromatic rings. The van der Waals surface area contributed by atoms with Gasteiger partial charge in [0.1, 0.15) is 0 Å². The van der Waals surface area contributed by atoms with Crippen LogP contribution < -0.4 is 10.6 Å². The van der Waals surface area contributed by atoms with Crippen LogP contribution in [-0.2, 0) is 9.53 Å². The molecule has 2 N–H and O–H groups in total. The van der Waals surface area contributed by atoms with Crippen LogP contribution >= 0.6 is 0 Å². The Morgan fingerprint density at radius 2 is 1.86 bits per heavy atom. The molecule has 1 atom stereocenters. The average Bonchev–Trinajstić information content (AvgIpc) is 2.71. The van der Waals surface area contributed by atoms with E-state index in [4.69, 9.17) is 9.73 Å². The van der Waals surface area contributed by atoms with Crippen LogP contribution in [-0.4, -0.2) is 87.2 Å². The molecular weight excluding hydrogens is 354 g/mol. The molecule has 0 aliphatic carbocycles. The van der Waals surface area contributed by atoms with E-state index in [2.05, 4.69) is 41.2 Å². The van der Waals surface area contributed by atoms with E-state index in [1.165, 1.54) is 0 Å². The van der Waals surface area contributed by atoms with Gasteiger partial charge in [0.05, 0.1) is 19.8 Å². The summed E-state index contributed by atoms with van der Waals surface area (Å²) in [5.74, 6) is 2.33. The highest BCUT2D eigenvalue weighted by atomic mass is 16.5. The standard InChI is InChI=1S/C21H41N5O2/c1-5-23-21(26-8-6-18(7-9-26)15-20(27)22-4)24-16-19(14-17(2)3)25-10-12-28-13-11-25/h17-19H,5-16H2,1-4H3,(H,22,27)(H,23,24). The van der Waals surface area contributed by atoms with Crippen molar-refractivity contribution in [2.75, 3.05) is 59.5 Å². The summed E-state index contributed by atoms with van der Waals surface area (Å²) in [6, 6.07) is 0.475. The third-order valence-corrected chi connectivity index (χ3v) is 5.76. The Hall–Kier alpha value is -1.34. The topological polar surface area (TPSA) is 69.2 Å². The monoisotopic (exact) mass is 395 g/mol. The van der Waals surface area contributed by atoms with E-state index in [9.17, 15) is 4.79 Å². The smallest absolute Gasteiger partial charge is 0.220 e. The molecule has 2 aliphatic rings. The third-order valence-electron chi connectivity index (χ3n) is 5.76. The zero-order valence-corrected chi connectivity index (χ0v) is 18.4. The first-order valence-electron chi connectivity index (χ1n) is 11.1. The first-order valence-corrected chi connectivity index (χ1v) is 11.1. The zero-order chi connectivity index (χ0) is 20.4. The van der Waals surface area contributed by atoms with Crippen molar-refractivity contribution < 1.29 is 9.53 Å². The number of nitrogens with zero attached hydrogens (tertiary/aromatic N) is 3. The SMILES string of the molecule is CCNC(=NCC(CC(C)C)N1CCOCC1)N1CCC(CC(=O)NC)CC1. The van der Waals surface area contributed by atoms with E-state index < -0.39 is 0 Å². The summed E-state index contributed by atoms with van der Waals surface area (Å²) in [5.41, 5.74) is 0. The lowest BCUT2D eigenvalue weighted by Crippen LogP contribution is -2.48. The van der Waals surface area contributed by atoms with Gasteiger partial charge in [-0.25, -0.2) is 0 Å². The molecule has 2 aliphatic heterocycles. The minimum Gasteiger partial charge on any atom is -0.379 e. The highest BCUT2D eigenvalue weighted by Gasteiger charge is 2.25. The van der Waals surface area contributed by atoms with Gasteiger partial charge in [-0.1, -0.05) is 13.8 Å². The Morgan fingerprint density at radius 3 is 2.43 bits per heavy atom. The highest BCUT2D eigenvalue weighted by Crippen LogP contribution is 2.21. The first-order chi connectivity index (χ1) is 13.5. The fourth-order valence-corrected chi connectivity index (χ4v) is 4.16. The molecule has 2 heterocycles. The van der Waals surface area contributed by atoms with Crippen molar-refractivity contribution in [3.63, 3.8) is 0 Å². The summed E-state index contributed by atoms with van der Waals surface area (Å²) in [5, 5.41) is 6.23. The van der Waals surface area contributed by atoms with E-state index >= 15 is 0 Å². The maximum absolute atomic E-state index is 11.6. The van der Waals surface area contributed by atoms with Gasteiger partial charge in [0, 0.05) is 52.2 Å². The molecule has 1 amide bonds. The largest absolute Gasteiger partial charge is 0.379 e. The first kappa shape index (κ1) is 22.9. The van der Waals surface area contributed by atoms with Gasteiger partial charge in [0.15, 0.2) is 5.96 Å². The van der Waals surface area contributed by atoms with Gasteiger partial charge in [-0.15, -0.1) is 0 Å². The van der Waals surface area contributed by atoms with Crippen LogP contribution in [0.4, 0.5) is 0 Å². The molecule has 0 bridgehead atoms. The van der Waals surface area contributed by atoms with Crippen molar-refractivity contribution in [3.05, 3.63) is 0 Å². The number of amides is 1. The van der Waals surface area contributed by atoms with Crippen molar-refractivity contribution in [1.29, 1.82) is 0 Å². The van der Waals surface area contributed by atoms with E-state index in [1.807, 2.05) is 0 Å². The predicted octanol–water partition coefficient (Wildman–Crippen LogP) is 1.55. The van der Waals surface area contributed by atoms with Crippen molar-refractivity contribution in [2.45, 2.75) is 52.5 Å². The number of carbonyl (C=O) groups excluding carboxylic acids is 1. The summed E-state index contributed by atoms with van der Waals surface area (Å²) in [6.07, 6.45) is 3.91. The van der Waals surface area contributed by atoms with Gasteiger partial charge in [0.25, 0.3) is 0 Å². The molecule has 0 saturated carbocycles. The minimum atomic E-state index is 0.154. The Morgan fingerprint density at radius 1 is 1.18 bits per heavy atom. The van der Waals surface area contributed by atoms with Crippen LogP contribution in [0.3, 0.4) is 0 Å². The summed E-state index contributed by atoms with van der Waals surface area (Å²) >= 11 is 0. The number of aliphatic imine (C=N–C) groups is 1. The van der Waals surface area contributed by atoms with E-state index in [1.54, 1.807) is 7.05 Å². The predicted molar refractivity (Wildman–Crippen MR) is 115 cm³/mol. The van der Waals surface area contributed by atoms with Gasteiger partial charge < -0.3 is 20.3 Å². The Kier molecular flexibility index (Phi) is 10.1. The normalized spacial score (nSPS) is 21.0.